The smallest absolute Gasteiger partial charge is 0.305 e. The van der Waals surface area contributed by atoms with E-state index in [2.05, 4.69) is 5.92 Å². The van der Waals surface area contributed by atoms with E-state index < -0.39 is 5.97 Å². The minimum absolute atomic E-state index is 0.0262. The number of hydrogen-bond acceptors (Lipinski definition) is 6. The Hall–Kier alpha value is -1.95. The number of hydrogen-bond donors (Lipinski definition) is 2. The summed E-state index contributed by atoms with van der Waals surface area (Å²) in [5.74, 6) is 1.84. The molecule has 0 radical (unpaired) electrons. The van der Waals surface area contributed by atoms with Crippen molar-refractivity contribution in [3.63, 3.8) is 0 Å². The highest BCUT2D eigenvalue weighted by atomic mass is 16.5. The Labute approximate surface area is 253 Å². The Morgan fingerprint density at radius 2 is 1.60 bits per heavy atom. The highest BCUT2D eigenvalue weighted by Gasteiger charge is 2.34. The summed E-state index contributed by atoms with van der Waals surface area (Å²) in [6, 6.07) is 10.0. The summed E-state index contributed by atoms with van der Waals surface area (Å²) in [4.78, 5) is 11.5. The van der Waals surface area contributed by atoms with E-state index in [9.17, 15) is 15.0 Å². The van der Waals surface area contributed by atoms with Gasteiger partial charge < -0.3 is 29.2 Å². The molecule has 2 aliphatic heterocycles. The van der Waals surface area contributed by atoms with E-state index in [1.807, 2.05) is 30.3 Å². The van der Waals surface area contributed by atoms with Crippen LogP contribution in [0.1, 0.15) is 115 Å². The number of carboxylic acid groups (broad SMARTS) is 1. The fourth-order valence-electron chi connectivity index (χ4n) is 6.41. The number of ether oxygens (including phenoxy) is 4. The van der Waals surface area contributed by atoms with Crippen molar-refractivity contribution in [1.82, 2.24) is 0 Å². The van der Waals surface area contributed by atoms with E-state index in [4.69, 9.17) is 25.4 Å². The Kier molecular flexibility index (Phi) is 16.5. The minimum atomic E-state index is -0.856. The average molecular weight is 587 g/mol. The molecule has 2 heterocycles. The fourth-order valence-corrected chi connectivity index (χ4v) is 6.41. The van der Waals surface area contributed by atoms with Crippen molar-refractivity contribution in [1.29, 1.82) is 0 Å². The normalized spacial score (nSPS) is 25.9. The van der Waals surface area contributed by atoms with Crippen molar-refractivity contribution in [3.05, 3.63) is 35.9 Å². The van der Waals surface area contributed by atoms with Gasteiger partial charge in [0.05, 0.1) is 55.8 Å². The lowest BCUT2D eigenvalue weighted by Gasteiger charge is -2.37. The van der Waals surface area contributed by atoms with Gasteiger partial charge in [-0.1, -0.05) is 62.4 Å². The van der Waals surface area contributed by atoms with Gasteiger partial charge in [0.2, 0.25) is 0 Å². The lowest BCUT2D eigenvalue weighted by Crippen LogP contribution is -2.41. The molecule has 236 valence electrons. The molecule has 2 unspecified atom stereocenters. The van der Waals surface area contributed by atoms with E-state index in [1.165, 1.54) is 19.3 Å². The van der Waals surface area contributed by atoms with Gasteiger partial charge >= 0.3 is 5.97 Å². The van der Waals surface area contributed by atoms with Gasteiger partial charge in [-0.3, -0.25) is 4.79 Å². The fraction of sp³-hybridized carbons (Fsp3) is 0.743. The number of carbonyl (C=O) groups is 1. The Morgan fingerprint density at radius 3 is 2.31 bits per heavy atom. The number of terminal acetylenes is 1. The van der Waals surface area contributed by atoms with Gasteiger partial charge in [-0.05, 0) is 63.4 Å². The molecule has 7 heteroatoms. The van der Waals surface area contributed by atoms with Gasteiger partial charge in [0, 0.05) is 20.0 Å². The molecule has 1 aromatic rings. The number of rotatable bonds is 20. The maximum atomic E-state index is 11.5. The van der Waals surface area contributed by atoms with Crippen LogP contribution in [0.25, 0.3) is 0 Å². The monoisotopic (exact) mass is 586 g/mol. The Bertz CT molecular complexity index is 900. The number of benzene rings is 1. The second-order valence-electron chi connectivity index (χ2n) is 12.3. The lowest BCUT2D eigenvalue weighted by molar-refractivity contribution is -0.155. The van der Waals surface area contributed by atoms with Gasteiger partial charge in [0.15, 0.2) is 0 Å². The minimum Gasteiger partial charge on any atom is -0.481 e. The third-order valence-corrected chi connectivity index (χ3v) is 8.63. The summed E-state index contributed by atoms with van der Waals surface area (Å²) in [5.41, 5.74) is 1.10. The molecule has 3 rings (SSSR count). The first-order chi connectivity index (χ1) is 20.4. The molecule has 2 N–H and O–H groups in total. The van der Waals surface area contributed by atoms with Crippen LogP contribution in [0, 0.1) is 12.3 Å². The number of carboxylic acids is 1. The number of methoxy groups -OCH3 is 1. The van der Waals surface area contributed by atoms with E-state index in [0.717, 1.165) is 63.4 Å². The molecular weight excluding hydrogens is 532 g/mol. The standard InChI is InChI=1S/C35H54O7/c1-3-4-5-6-7-8-9-13-17-28(36)20-29-18-14-19-30(41-29)21-31(39-2)22-33-23-32(24-34(42-33)25-35(37)38)40-26-27-15-11-10-12-16-27/h1,10-12,15-16,28-34,36H,4-9,13-14,17-26H2,2H3,(H,37,38)/t28-,29+,30?,31-,32+,33?,34+/m1/s1. The predicted octanol–water partition coefficient (Wildman–Crippen LogP) is 6.83. The number of aliphatic carboxylic acids is 1. The van der Waals surface area contributed by atoms with Crippen molar-refractivity contribution >= 4 is 5.97 Å². The van der Waals surface area contributed by atoms with Crippen molar-refractivity contribution in [2.75, 3.05) is 7.11 Å². The molecule has 0 bridgehead atoms. The van der Waals surface area contributed by atoms with Crippen molar-refractivity contribution < 1.29 is 34.0 Å². The second-order valence-corrected chi connectivity index (χ2v) is 12.3. The van der Waals surface area contributed by atoms with Crippen molar-refractivity contribution in [3.8, 4) is 12.3 Å². The highest BCUT2D eigenvalue weighted by Crippen LogP contribution is 2.31. The summed E-state index contributed by atoms with van der Waals surface area (Å²) < 4.78 is 24.8. The third kappa shape index (κ3) is 14.0. The summed E-state index contributed by atoms with van der Waals surface area (Å²) in [6.45, 7) is 0.502. The molecular formula is C35H54O7. The molecule has 7 atom stereocenters. The topological polar surface area (TPSA) is 94.5 Å². The van der Waals surface area contributed by atoms with Crippen LogP contribution in [0.5, 0.6) is 0 Å². The third-order valence-electron chi connectivity index (χ3n) is 8.63. The molecule has 2 aliphatic rings. The van der Waals surface area contributed by atoms with Gasteiger partial charge in [-0.2, -0.15) is 0 Å². The molecule has 1 aromatic carbocycles. The van der Waals surface area contributed by atoms with Crippen molar-refractivity contribution in [2.24, 2.45) is 0 Å². The average Bonchev–Trinajstić information content (AvgIpc) is 2.97. The summed E-state index contributed by atoms with van der Waals surface area (Å²) >= 11 is 0. The van der Waals surface area contributed by atoms with Gasteiger partial charge in [0.25, 0.3) is 0 Å². The molecule has 42 heavy (non-hydrogen) atoms. The zero-order chi connectivity index (χ0) is 30.0. The molecule has 7 nitrogen and oxygen atoms in total. The van der Waals surface area contributed by atoms with Gasteiger partial charge in [-0.15, -0.1) is 12.3 Å². The van der Waals surface area contributed by atoms with Crippen LogP contribution in [0.4, 0.5) is 0 Å². The van der Waals surface area contributed by atoms with E-state index in [0.29, 0.717) is 32.3 Å². The van der Waals surface area contributed by atoms with Crippen LogP contribution < -0.4 is 0 Å². The van der Waals surface area contributed by atoms with E-state index in [1.54, 1.807) is 7.11 Å². The second kappa shape index (κ2) is 20.1. The Balaban J connectivity index is 1.40. The maximum absolute atomic E-state index is 11.5. The molecule has 2 saturated heterocycles. The first-order valence-electron chi connectivity index (χ1n) is 16.3. The highest BCUT2D eigenvalue weighted by molar-refractivity contribution is 5.67. The van der Waals surface area contributed by atoms with Crippen LogP contribution in [0.15, 0.2) is 30.3 Å². The number of unbranched alkanes of at least 4 members (excludes halogenated alkanes) is 6. The summed E-state index contributed by atoms with van der Waals surface area (Å²) in [6.07, 6.45) is 19.7. The molecule has 0 amide bonds. The zero-order valence-corrected chi connectivity index (χ0v) is 25.7. The molecule has 0 aromatic heterocycles. The van der Waals surface area contributed by atoms with Crippen LogP contribution in [0.2, 0.25) is 0 Å². The first-order valence-corrected chi connectivity index (χ1v) is 16.3. The lowest BCUT2D eigenvalue weighted by atomic mass is 9.92. The van der Waals surface area contributed by atoms with Crippen LogP contribution in [0.3, 0.4) is 0 Å². The molecule has 2 fully saturated rings. The maximum Gasteiger partial charge on any atom is 0.305 e. The van der Waals surface area contributed by atoms with Crippen LogP contribution in [-0.4, -0.2) is 66.0 Å². The van der Waals surface area contributed by atoms with Gasteiger partial charge in [-0.25, -0.2) is 0 Å². The predicted molar refractivity (Wildman–Crippen MR) is 164 cm³/mol. The number of aliphatic hydroxyl groups is 1. The summed E-state index contributed by atoms with van der Waals surface area (Å²) in [5, 5.41) is 20.0. The Morgan fingerprint density at radius 1 is 0.952 bits per heavy atom. The first kappa shape index (κ1) is 34.5. The molecule has 0 spiro atoms. The van der Waals surface area contributed by atoms with Crippen molar-refractivity contribution in [2.45, 2.75) is 158 Å². The van der Waals surface area contributed by atoms with Crippen LogP contribution >= 0.6 is 0 Å². The SMILES string of the molecule is C#CCCCCCCCC[C@@H](O)C[C@@H]1CCCC(C[C@H](CC2C[C@H](OCc3ccccc3)C[C@@H](CC(=O)O)O2)OC)O1. The van der Waals surface area contributed by atoms with E-state index in [-0.39, 0.29) is 49.1 Å². The number of aliphatic hydroxyl groups excluding tert-OH is 1. The zero-order valence-electron chi connectivity index (χ0n) is 25.7. The summed E-state index contributed by atoms with van der Waals surface area (Å²) in [7, 11) is 1.73. The quantitative estimate of drug-likeness (QED) is 0.128. The largest absolute Gasteiger partial charge is 0.481 e. The van der Waals surface area contributed by atoms with E-state index >= 15 is 0 Å². The van der Waals surface area contributed by atoms with Gasteiger partial charge in [0.1, 0.15) is 0 Å². The molecule has 0 saturated carbocycles. The van der Waals surface area contributed by atoms with Crippen LogP contribution in [-0.2, 0) is 30.3 Å². The molecule has 0 aliphatic carbocycles.